The molecule has 0 aromatic carbocycles. The van der Waals surface area contributed by atoms with Crippen molar-refractivity contribution >= 4 is 5.97 Å². The number of nitrogens with zero attached hydrogens (tertiary/aromatic N) is 1. The number of hydrogen-bond donors (Lipinski definition) is 1. The van der Waals surface area contributed by atoms with Gasteiger partial charge in [-0.25, -0.2) is 0 Å². The molecule has 1 saturated carbocycles. The molecule has 0 heterocycles. The number of nitro groups is 1. The highest BCUT2D eigenvalue weighted by Gasteiger charge is 2.57. The van der Waals surface area contributed by atoms with Crippen molar-refractivity contribution in [1.29, 1.82) is 0 Å². The average molecular weight is 261 g/mol. The topological polar surface area (TPSA) is 98.9 Å². The number of carbonyl (C=O) groups excluding carboxylic acids is 1. The maximum atomic E-state index is 11.2. The number of ether oxygens (including phenoxy) is 2. The van der Waals surface area contributed by atoms with Crippen molar-refractivity contribution in [2.75, 3.05) is 13.7 Å². The molecule has 1 fully saturated rings. The fourth-order valence-electron chi connectivity index (χ4n) is 2.09. The van der Waals surface area contributed by atoms with E-state index in [1.165, 1.54) is 7.11 Å². The van der Waals surface area contributed by atoms with Crippen molar-refractivity contribution in [2.24, 2.45) is 5.92 Å². The van der Waals surface area contributed by atoms with Crippen molar-refractivity contribution in [3.8, 4) is 0 Å². The van der Waals surface area contributed by atoms with E-state index in [9.17, 15) is 20.0 Å². The minimum atomic E-state index is -1.47. The number of esters is 1. The Bertz CT molecular complexity index is 323. The highest BCUT2D eigenvalue weighted by atomic mass is 16.6. The van der Waals surface area contributed by atoms with Crippen LogP contribution in [0.1, 0.15) is 26.7 Å². The zero-order chi connectivity index (χ0) is 13.9. The lowest BCUT2D eigenvalue weighted by atomic mass is 9.67. The van der Waals surface area contributed by atoms with Gasteiger partial charge >= 0.3 is 5.97 Å². The molecule has 1 atom stereocenters. The standard InChI is InChI=1S/C11H19NO6/c1-7(2)18-6-9(12(15)16)11(14)4-8(5-11)10(13)17-3/h7-9,14H,4-6H2,1-3H3. The van der Waals surface area contributed by atoms with Crippen molar-refractivity contribution in [3.05, 3.63) is 10.1 Å². The molecule has 0 bridgehead atoms. The van der Waals surface area contributed by atoms with Crippen LogP contribution in [-0.2, 0) is 14.3 Å². The molecule has 0 aromatic heterocycles. The zero-order valence-corrected chi connectivity index (χ0v) is 10.8. The Kier molecular flexibility index (Phi) is 4.64. The van der Waals surface area contributed by atoms with Gasteiger partial charge in [0.2, 0.25) is 0 Å². The summed E-state index contributed by atoms with van der Waals surface area (Å²) >= 11 is 0. The highest BCUT2D eigenvalue weighted by Crippen LogP contribution is 2.42. The molecule has 1 aliphatic rings. The van der Waals surface area contributed by atoms with Crippen molar-refractivity contribution < 1.29 is 24.3 Å². The summed E-state index contributed by atoms with van der Waals surface area (Å²) in [4.78, 5) is 21.6. The third-order valence-electron chi connectivity index (χ3n) is 3.20. The molecule has 7 nitrogen and oxygen atoms in total. The van der Waals surface area contributed by atoms with E-state index in [4.69, 9.17) is 4.74 Å². The van der Waals surface area contributed by atoms with E-state index in [-0.39, 0.29) is 25.6 Å². The highest BCUT2D eigenvalue weighted by molar-refractivity contribution is 5.73. The van der Waals surface area contributed by atoms with Gasteiger partial charge in [0, 0.05) is 4.92 Å². The lowest BCUT2D eigenvalue weighted by Crippen LogP contribution is -2.59. The van der Waals surface area contributed by atoms with Crippen LogP contribution in [0.15, 0.2) is 0 Å². The van der Waals surface area contributed by atoms with E-state index < -0.39 is 28.5 Å². The molecule has 1 unspecified atom stereocenters. The Morgan fingerprint density at radius 2 is 2.11 bits per heavy atom. The lowest BCUT2D eigenvalue weighted by molar-refractivity contribution is -0.556. The summed E-state index contributed by atoms with van der Waals surface area (Å²) in [5, 5.41) is 21.1. The van der Waals surface area contributed by atoms with Gasteiger partial charge in [-0.05, 0) is 26.7 Å². The molecular weight excluding hydrogens is 242 g/mol. The van der Waals surface area contributed by atoms with Crippen LogP contribution in [0.3, 0.4) is 0 Å². The number of aliphatic hydroxyl groups is 1. The predicted molar refractivity (Wildman–Crippen MR) is 61.6 cm³/mol. The fraction of sp³-hybridized carbons (Fsp3) is 0.909. The Morgan fingerprint density at radius 1 is 1.56 bits per heavy atom. The van der Waals surface area contributed by atoms with Gasteiger partial charge in [-0.15, -0.1) is 0 Å². The second kappa shape index (κ2) is 5.62. The fourth-order valence-corrected chi connectivity index (χ4v) is 2.09. The first-order valence-electron chi connectivity index (χ1n) is 5.85. The van der Waals surface area contributed by atoms with Crippen LogP contribution >= 0.6 is 0 Å². The quantitative estimate of drug-likeness (QED) is 0.421. The van der Waals surface area contributed by atoms with E-state index in [0.717, 1.165) is 0 Å². The van der Waals surface area contributed by atoms with E-state index in [2.05, 4.69) is 4.74 Å². The molecule has 1 N–H and O–H groups in total. The maximum absolute atomic E-state index is 11.2. The predicted octanol–water partition coefficient (Wildman–Crippen LogP) is 0.371. The minimum Gasteiger partial charge on any atom is -0.469 e. The molecule has 0 aromatic rings. The first-order chi connectivity index (χ1) is 8.30. The number of carbonyl (C=O) groups is 1. The molecule has 18 heavy (non-hydrogen) atoms. The molecular formula is C11H19NO6. The molecule has 104 valence electrons. The lowest BCUT2D eigenvalue weighted by Gasteiger charge is -2.42. The molecule has 1 rings (SSSR count). The Morgan fingerprint density at radius 3 is 2.50 bits per heavy atom. The van der Waals surface area contributed by atoms with Crippen molar-refractivity contribution in [2.45, 2.75) is 44.4 Å². The van der Waals surface area contributed by atoms with Crippen LogP contribution in [0, 0.1) is 16.0 Å². The molecule has 0 aliphatic heterocycles. The van der Waals surface area contributed by atoms with E-state index >= 15 is 0 Å². The summed E-state index contributed by atoms with van der Waals surface area (Å²) < 4.78 is 9.73. The van der Waals surface area contributed by atoms with E-state index in [1.54, 1.807) is 13.8 Å². The summed E-state index contributed by atoms with van der Waals surface area (Å²) in [5.41, 5.74) is -1.47. The second-order valence-corrected chi connectivity index (χ2v) is 4.92. The number of rotatable bonds is 6. The maximum Gasteiger partial charge on any atom is 0.308 e. The molecule has 0 spiro atoms. The van der Waals surface area contributed by atoms with Crippen molar-refractivity contribution in [1.82, 2.24) is 0 Å². The largest absolute Gasteiger partial charge is 0.469 e. The molecule has 0 radical (unpaired) electrons. The summed E-state index contributed by atoms with van der Waals surface area (Å²) in [6.45, 7) is 3.37. The Hall–Kier alpha value is -1.21. The van der Waals surface area contributed by atoms with Gasteiger partial charge in [-0.2, -0.15) is 0 Å². The van der Waals surface area contributed by atoms with Gasteiger partial charge in [0.1, 0.15) is 12.2 Å². The number of methoxy groups -OCH3 is 1. The second-order valence-electron chi connectivity index (χ2n) is 4.92. The summed E-state index contributed by atoms with van der Waals surface area (Å²) in [5.74, 6) is -0.895. The molecule has 0 amide bonds. The van der Waals surface area contributed by atoms with Gasteiger partial charge in [-0.1, -0.05) is 0 Å². The van der Waals surface area contributed by atoms with Crippen LogP contribution < -0.4 is 0 Å². The van der Waals surface area contributed by atoms with Crippen LogP contribution in [0.2, 0.25) is 0 Å². The normalized spacial score (nSPS) is 28.6. The summed E-state index contributed by atoms with van der Waals surface area (Å²) in [7, 11) is 1.26. The van der Waals surface area contributed by atoms with Crippen LogP contribution in [-0.4, -0.2) is 47.5 Å². The van der Waals surface area contributed by atoms with E-state index in [1.807, 2.05) is 0 Å². The Labute approximate surface area is 105 Å². The summed E-state index contributed by atoms with van der Waals surface area (Å²) in [6.07, 6.45) is -0.0490. The first kappa shape index (κ1) is 14.8. The third kappa shape index (κ3) is 3.17. The SMILES string of the molecule is COC(=O)C1CC(O)(C(COC(C)C)[N+](=O)[O-])C1. The van der Waals surface area contributed by atoms with Crippen LogP contribution in [0.25, 0.3) is 0 Å². The number of hydrogen-bond acceptors (Lipinski definition) is 6. The van der Waals surface area contributed by atoms with Gasteiger partial charge in [0.15, 0.2) is 0 Å². The Balaban J connectivity index is 2.60. The van der Waals surface area contributed by atoms with Crippen LogP contribution in [0.4, 0.5) is 0 Å². The van der Waals surface area contributed by atoms with Gasteiger partial charge in [0.05, 0.1) is 19.1 Å². The van der Waals surface area contributed by atoms with E-state index in [0.29, 0.717) is 0 Å². The average Bonchev–Trinajstić information content (AvgIpc) is 2.23. The van der Waals surface area contributed by atoms with Gasteiger partial charge < -0.3 is 14.6 Å². The van der Waals surface area contributed by atoms with Crippen LogP contribution in [0.5, 0.6) is 0 Å². The minimum absolute atomic E-state index is 0.0484. The third-order valence-corrected chi connectivity index (χ3v) is 3.20. The molecule has 0 saturated heterocycles. The first-order valence-corrected chi connectivity index (χ1v) is 5.85. The zero-order valence-electron chi connectivity index (χ0n) is 10.8. The van der Waals surface area contributed by atoms with Gasteiger partial charge in [0.25, 0.3) is 6.04 Å². The molecule has 1 aliphatic carbocycles. The molecule has 7 heteroatoms. The van der Waals surface area contributed by atoms with Gasteiger partial charge in [-0.3, -0.25) is 14.9 Å². The van der Waals surface area contributed by atoms with Crippen molar-refractivity contribution in [3.63, 3.8) is 0 Å². The monoisotopic (exact) mass is 261 g/mol. The summed E-state index contributed by atoms with van der Waals surface area (Å²) in [6, 6.07) is -1.21. The smallest absolute Gasteiger partial charge is 0.308 e.